The highest BCUT2D eigenvalue weighted by Crippen LogP contribution is 2.30. The summed E-state index contributed by atoms with van der Waals surface area (Å²) in [4.78, 5) is 27.3. The van der Waals surface area contributed by atoms with Crippen molar-refractivity contribution in [1.82, 2.24) is 9.80 Å². The van der Waals surface area contributed by atoms with Crippen LogP contribution < -0.4 is 5.73 Å². The number of primary amides is 1. The molecule has 0 spiro atoms. The number of halogens is 3. The molecule has 5 nitrogen and oxygen atoms in total. The molecule has 1 aromatic carbocycles. The van der Waals surface area contributed by atoms with Gasteiger partial charge in [-0.25, -0.2) is 0 Å². The van der Waals surface area contributed by atoms with Gasteiger partial charge in [0.2, 0.25) is 5.91 Å². The fourth-order valence-corrected chi connectivity index (χ4v) is 3.41. The van der Waals surface area contributed by atoms with Crippen LogP contribution in [-0.2, 0) is 11.0 Å². The molecule has 0 bridgehead atoms. The number of likely N-dealkylation sites (tertiary alicyclic amines) is 2. The second-order valence-electron chi connectivity index (χ2n) is 6.66. The fourth-order valence-electron chi connectivity index (χ4n) is 3.41. The second-order valence-corrected chi connectivity index (χ2v) is 6.66. The van der Waals surface area contributed by atoms with E-state index in [0.717, 1.165) is 25.2 Å². The number of amides is 2. The molecule has 25 heavy (non-hydrogen) atoms. The number of benzene rings is 1. The molecule has 0 aliphatic carbocycles. The number of nitrogens with two attached hydrogens (primary N) is 1. The Bertz CT molecular complexity index is 663. The molecule has 2 amide bonds. The summed E-state index contributed by atoms with van der Waals surface area (Å²) in [5, 5.41) is 0. The molecular formula is C17H20F3N3O2. The average Bonchev–Trinajstić information content (AvgIpc) is 2.53. The van der Waals surface area contributed by atoms with Crippen LogP contribution in [0.1, 0.15) is 28.8 Å². The molecule has 2 aliphatic heterocycles. The first kappa shape index (κ1) is 17.7. The first-order valence-electron chi connectivity index (χ1n) is 8.25. The van der Waals surface area contributed by atoms with E-state index in [9.17, 15) is 22.8 Å². The van der Waals surface area contributed by atoms with E-state index in [2.05, 4.69) is 4.90 Å². The van der Waals surface area contributed by atoms with Gasteiger partial charge < -0.3 is 10.6 Å². The highest BCUT2D eigenvalue weighted by Gasteiger charge is 2.38. The predicted molar refractivity (Wildman–Crippen MR) is 84.6 cm³/mol. The van der Waals surface area contributed by atoms with Crippen LogP contribution in [0.3, 0.4) is 0 Å². The molecule has 0 unspecified atom stereocenters. The maximum atomic E-state index is 12.8. The van der Waals surface area contributed by atoms with Gasteiger partial charge in [0, 0.05) is 30.6 Å². The minimum Gasteiger partial charge on any atom is -0.369 e. The summed E-state index contributed by atoms with van der Waals surface area (Å²) in [6.45, 7) is 2.50. The number of carbonyl (C=O) groups excluding carboxylic acids is 2. The third kappa shape index (κ3) is 3.78. The van der Waals surface area contributed by atoms with Crippen molar-refractivity contribution in [2.75, 3.05) is 26.2 Å². The summed E-state index contributed by atoms with van der Waals surface area (Å²) in [5.74, 6) is -0.733. The predicted octanol–water partition coefficient (Wildman–Crippen LogP) is 1.73. The fraction of sp³-hybridized carbons (Fsp3) is 0.529. The van der Waals surface area contributed by atoms with E-state index in [0.29, 0.717) is 25.9 Å². The van der Waals surface area contributed by atoms with E-state index in [4.69, 9.17) is 5.73 Å². The molecule has 0 saturated carbocycles. The number of nitrogens with zero attached hydrogens (tertiary/aromatic N) is 2. The van der Waals surface area contributed by atoms with E-state index in [1.165, 1.54) is 12.1 Å². The SMILES string of the molecule is NC(=O)C1CCN(C2CN(C(=O)c3cccc(C(F)(F)F)c3)C2)CC1. The molecule has 0 atom stereocenters. The summed E-state index contributed by atoms with van der Waals surface area (Å²) in [6, 6.07) is 4.71. The maximum Gasteiger partial charge on any atom is 0.416 e. The lowest BCUT2D eigenvalue weighted by molar-refractivity contribution is -0.137. The third-order valence-electron chi connectivity index (χ3n) is 5.03. The molecule has 3 rings (SSSR count). The van der Waals surface area contributed by atoms with Crippen molar-refractivity contribution in [3.8, 4) is 0 Å². The van der Waals surface area contributed by atoms with Gasteiger partial charge in [0.1, 0.15) is 0 Å². The van der Waals surface area contributed by atoms with Crippen molar-refractivity contribution in [2.45, 2.75) is 25.1 Å². The Balaban J connectivity index is 1.55. The minimum absolute atomic E-state index is 0.0562. The second kappa shape index (κ2) is 6.67. The third-order valence-corrected chi connectivity index (χ3v) is 5.03. The van der Waals surface area contributed by atoms with Gasteiger partial charge in [-0.1, -0.05) is 6.07 Å². The highest BCUT2D eigenvalue weighted by molar-refractivity contribution is 5.95. The summed E-state index contributed by atoms with van der Waals surface area (Å²) in [6.07, 6.45) is -3.03. The zero-order valence-corrected chi connectivity index (χ0v) is 13.6. The Morgan fingerprint density at radius 1 is 1.12 bits per heavy atom. The molecule has 2 N–H and O–H groups in total. The van der Waals surface area contributed by atoms with E-state index >= 15 is 0 Å². The summed E-state index contributed by atoms with van der Waals surface area (Å²) in [5.41, 5.74) is 4.55. The minimum atomic E-state index is -4.46. The van der Waals surface area contributed by atoms with Crippen LogP contribution >= 0.6 is 0 Å². The van der Waals surface area contributed by atoms with Crippen LogP contribution in [0.2, 0.25) is 0 Å². The van der Waals surface area contributed by atoms with E-state index in [1.807, 2.05) is 0 Å². The van der Waals surface area contributed by atoms with Gasteiger partial charge in [-0.15, -0.1) is 0 Å². The molecule has 2 saturated heterocycles. The molecule has 0 aromatic heterocycles. The Morgan fingerprint density at radius 3 is 2.32 bits per heavy atom. The highest BCUT2D eigenvalue weighted by atomic mass is 19.4. The van der Waals surface area contributed by atoms with Crippen molar-refractivity contribution in [3.05, 3.63) is 35.4 Å². The maximum absolute atomic E-state index is 12.8. The number of alkyl halides is 3. The molecule has 2 aliphatic rings. The van der Waals surface area contributed by atoms with Gasteiger partial charge in [-0.3, -0.25) is 14.5 Å². The first-order valence-corrected chi connectivity index (χ1v) is 8.25. The molecular weight excluding hydrogens is 335 g/mol. The smallest absolute Gasteiger partial charge is 0.369 e. The van der Waals surface area contributed by atoms with Crippen LogP contribution in [-0.4, -0.2) is 53.8 Å². The van der Waals surface area contributed by atoms with Crippen LogP contribution in [0, 0.1) is 5.92 Å². The van der Waals surface area contributed by atoms with E-state index in [1.54, 1.807) is 4.90 Å². The van der Waals surface area contributed by atoms with Gasteiger partial charge in [0.25, 0.3) is 5.91 Å². The molecule has 1 aromatic rings. The van der Waals surface area contributed by atoms with E-state index in [-0.39, 0.29) is 29.3 Å². The van der Waals surface area contributed by atoms with Crippen LogP contribution in [0.4, 0.5) is 13.2 Å². The van der Waals surface area contributed by atoms with Crippen molar-refractivity contribution in [3.63, 3.8) is 0 Å². The molecule has 8 heteroatoms. The van der Waals surface area contributed by atoms with Gasteiger partial charge >= 0.3 is 6.18 Å². The van der Waals surface area contributed by atoms with Crippen molar-refractivity contribution in [1.29, 1.82) is 0 Å². The zero-order valence-electron chi connectivity index (χ0n) is 13.6. The Labute approximate surface area is 143 Å². The normalized spacial score (nSPS) is 20.4. The lowest BCUT2D eigenvalue weighted by atomic mass is 9.93. The van der Waals surface area contributed by atoms with E-state index < -0.39 is 11.7 Å². The van der Waals surface area contributed by atoms with Crippen LogP contribution in [0.15, 0.2) is 24.3 Å². The van der Waals surface area contributed by atoms with Gasteiger partial charge in [-0.05, 0) is 44.1 Å². The molecule has 0 radical (unpaired) electrons. The van der Waals surface area contributed by atoms with Crippen molar-refractivity contribution in [2.24, 2.45) is 11.7 Å². The molecule has 136 valence electrons. The topological polar surface area (TPSA) is 66.6 Å². The van der Waals surface area contributed by atoms with Crippen molar-refractivity contribution >= 4 is 11.8 Å². The molecule has 2 fully saturated rings. The Kier molecular flexibility index (Phi) is 4.73. The average molecular weight is 355 g/mol. The molecule has 2 heterocycles. The largest absolute Gasteiger partial charge is 0.416 e. The number of hydrogen-bond acceptors (Lipinski definition) is 3. The number of carbonyl (C=O) groups is 2. The summed E-state index contributed by atoms with van der Waals surface area (Å²) >= 11 is 0. The van der Waals surface area contributed by atoms with Gasteiger partial charge in [0.15, 0.2) is 0 Å². The number of hydrogen-bond donors (Lipinski definition) is 1. The Morgan fingerprint density at radius 2 is 1.76 bits per heavy atom. The summed E-state index contributed by atoms with van der Waals surface area (Å²) in [7, 11) is 0. The van der Waals surface area contributed by atoms with Crippen LogP contribution in [0.5, 0.6) is 0 Å². The monoisotopic (exact) mass is 355 g/mol. The summed E-state index contributed by atoms with van der Waals surface area (Å²) < 4.78 is 38.3. The van der Waals surface area contributed by atoms with Gasteiger partial charge in [-0.2, -0.15) is 13.2 Å². The number of rotatable bonds is 3. The van der Waals surface area contributed by atoms with Crippen molar-refractivity contribution < 1.29 is 22.8 Å². The van der Waals surface area contributed by atoms with Gasteiger partial charge in [0.05, 0.1) is 5.56 Å². The lowest BCUT2D eigenvalue weighted by Gasteiger charge is -2.47. The Hall–Kier alpha value is -2.09. The standard InChI is InChI=1S/C17H20F3N3O2/c18-17(19,20)13-3-1-2-12(8-13)16(25)23-9-14(10-23)22-6-4-11(5-7-22)15(21)24/h1-3,8,11,14H,4-7,9-10H2,(H2,21,24). The zero-order chi connectivity index (χ0) is 18.2. The number of piperidine rings is 1. The quantitative estimate of drug-likeness (QED) is 0.898. The van der Waals surface area contributed by atoms with Crippen LogP contribution in [0.25, 0.3) is 0 Å². The first-order chi connectivity index (χ1) is 11.8. The lowest BCUT2D eigenvalue weighted by Crippen LogP contribution is -2.62.